The monoisotopic (exact) mass is 546 g/mol. The fraction of sp³-hybridized carbons (Fsp3) is 0.0400. The number of nitrogens with zero attached hydrogens (tertiary/aromatic N) is 2. The zero-order chi connectivity index (χ0) is 24.0. The molecule has 2 heterocycles. The third-order valence-electron chi connectivity index (χ3n) is 5.42. The fourth-order valence-electron chi connectivity index (χ4n) is 3.81. The van der Waals surface area contributed by atoms with Crippen LogP contribution in [0.15, 0.2) is 71.8 Å². The van der Waals surface area contributed by atoms with Crippen LogP contribution in [0.3, 0.4) is 0 Å². The van der Waals surface area contributed by atoms with Gasteiger partial charge in [0.15, 0.2) is 4.32 Å². The highest BCUT2D eigenvalue weighted by atomic mass is 35.5. The van der Waals surface area contributed by atoms with Crippen molar-refractivity contribution in [2.75, 3.05) is 4.90 Å². The predicted octanol–water partition coefficient (Wildman–Crippen LogP) is 8.19. The number of anilines is 1. The largest absolute Gasteiger partial charge is 0.342 e. The van der Waals surface area contributed by atoms with E-state index in [0.29, 0.717) is 31.5 Å². The first kappa shape index (κ1) is 23.4. The van der Waals surface area contributed by atoms with Crippen LogP contribution in [0, 0.1) is 5.82 Å². The number of carbonyl (C=O) groups is 1. The normalized spacial score (nSPS) is 15.2. The summed E-state index contributed by atoms with van der Waals surface area (Å²) in [6, 6.07) is 17.5. The van der Waals surface area contributed by atoms with Crippen LogP contribution in [0.1, 0.15) is 11.1 Å². The zero-order valence-corrected chi connectivity index (χ0v) is 21.2. The van der Waals surface area contributed by atoms with Gasteiger partial charge in [0, 0.05) is 39.3 Å². The number of rotatable bonds is 4. The van der Waals surface area contributed by atoms with E-state index in [2.05, 4.69) is 4.57 Å². The van der Waals surface area contributed by atoms with Crippen LogP contribution in [-0.2, 0) is 11.3 Å². The van der Waals surface area contributed by atoms with Gasteiger partial charge < -0.3 is 4.57 Å². The molecular weight excluding hydrogens is 534 g/mol. The molecule has 5 rings (SSSR count). The smallest absolute Gasteiger partial charge is 0.270 e. The fourth-order valence-corrected chi connectivity index (χ4v) is 5.74. The Kier molecular flexibility index (Phi) is 6.44. The Morgan fingerprint density at radius 3 is 2.56 bits per heavy atom. The summed E-state index contributed by atoms with van der Waals surface area (Å²) in [5.41, 5.74) is 3.23. The minimum atomic E-state index is -0.556. The van der Waals surface area contributed by atoms with E-state index in [0.717, 1.165) is 22.0 Å². The molecule has 3 aromatic carbocycles. The van der Waals surface area contributed by atoms with Crippen molar-refractivity contribution in [2.45, 2.75) is 6.54 Å². The number of halogens is 4. The Balaban J connectivity index is 1.52. The first-order chi connectivity index (χ1) is 16.3. The van der Waals surface area contributed by atoms with E-state index in [4.69, 9.17) is 47.0 Å². The topological polar surface area (TPSA) is 25.2 Å². The summed E-state index contributed by atoms with van der Waals surface area (Å²) in [7, 11) is 0. The van der Waals surface area contributed by atoms with Gasteiger partial charge >= 0.3 is 0 Å². The lowest BCUT2D eigenvalue weighted by Gasteiger charge is -2.14. The van der Waals surface area contributed by atoms with E-state index in [1.807, 2.05) is 48.7 Å². The predicted molar refractivity (Wildman–Crippen MR) is 145 cm³/mol. The molecule has 3 nitrogen and oxygen atoms in total. The van der Waals surface area contributed by atoms with Crippen LogP contribution in [0.25, 0.3) is 17.0 Å². The minimum Gasteiger partial charge on any atom is -0.342 e. The second-order valence-electron chi connectivity index (χ2n) is 7.58. The molecule has 0 N–H and O–H groups in total. The lowest BCUT2D eigenvalue weighted by atomic mass is 10.1. The number of hydrogen-bond acceptors (Lipinski definition) is 3. The van der Waals surface area contributed by atoms with Gasteiger partial charge in [-0.2, -0.15) is 0 Å². The van der Waals surface area contributed by atoms with Gasteiger partial charge in [0.2, 0.25) is 0 Å². The van der Waals surface area contributed by atoms with Gasteiger partial charge in [-0.1, -0.05) is 83.0 Å². The van der Waals surface area contributed by atoms with Crippen LogP contribution < -0.4 is 4.90 Å². The van der Waals surface area contributed by atoms with E-state index >= 15 is 0 Å². The maximum absolute atomic E-state index is 13.6. The third kappa shape index (κ3) is 4.37. The number of benzene rings is 3. The number of carbonyl (C=O) groups excluding carboxylic acids is 1. The molecule has 1 saturated heterocycles. The van der Waals surface area contributed by atoms with Crippen molar-refractivity contribution in [3.05, 3.63) is 104 Å². The van der Waals surface area contributed by atoms with E-state index in [1.54, 1.807) is 6.07 Å². The van der Waals surface area contributed by atoms with Gasteiger partial charge in [-0.25, -0.2) is 4.39 Å². The average molecular weight is 548 g/mol. The maximum atomic E-state index is 13.6. The molecule has 1 fully saturated rings. The molecule has 34 heavy (non-hydrogen) atoms. The molecular formula is C25H14Cl3FN2OS2. The van der Waals surface area contributed by atoms with Crippen molar-refractivity contribution in [3.63, 3.8) is 0 Å². The molecule has 0 saturated carbocycles. The Bertz CT molecular complexity index is 1520. The van der Waals surface area contributed by atoms with Crippen LogP contribution in [0.5, 0.6) is 0 Å². The molecule has 1 aromatic heterocycles. The quantitative estimate of drug-likeness (QED) is 0.190. The maximum Gasteiger partial charge on any atom is 0.270 e. The van der Waals surface area contributed by atoms with Crippen molar-refractivity contribution in [1.29, 1.82) is 0 Å². The first-order valence-electron chi connectivity index (χ1n) is 10.1. The number of hydrogen-bond donors (Lipinski definition) is 0. The number of amides is 1. The van der Waals surface area contributed by atoms with E-state index in [-0.39, 0.29) is 10.9 Å². The molecule has 1 aliphatic rings. The number of thioether (sulfide) groups is 1. The summed E-state index contributed by atoms with van der Waals surface area (Å²) >= 11 is 25.0. The highest BCUT2D eigenvalue weighted by Gasteiger charge is 2.33. The molecule has 0 spiro atoms. The molecule has 0 aliphatic carbocycles. The average Bonchev–Trinajstić information content (AvgIpc) is 3.29. The summed E-state index contributed by atoms with van der Waals surface area (Å²) in [5.74, 6) is -0.838. The standard InChI is InChI=1S/C25H14Cl3FN2OS2/c26-16-6-5-14(19(27)10-16)12-30-13-15(18-3-1-2-4-22(18)30)9-23-24(32)31(25(33)34-23)17-7-8-21(29)20(28)11-17/h1-11,13H,12H2/b23-9+. The van der Waals surface area contributed by atoms with Crippen molar-refractivity contribution < 1.29 is 9.18 Å². The van der Waals surface area contributed by atoms with Gasteiger partial charge in [-0.15, -0.1) is 0 Å². The summed E-state index contributed by atoms with van der Waals surface area (Å²) in [6.45, 7) is 0.541. The van der Waals surface area contributed by atoms with Crippen molar-refractivity contribution in [2.24, 2.45) is 0 Å². The third-order valence-corrected chi connectivity index (χ3v) is 7.60. The number of thiocarbonyl (C=S) groups is 1. The number of para-hydroxylation sites is 1. The lowest BCUT2D eigenvalue weighted by molar-refractivity contribution is -0.113. The van der Waals surface area contributed by atoms with E-state index in [1.165, 1.54) is 34.9 Å². The van der Waals surface area contributed by atoms with Gasteiger partial charge in [0.05, 0.1) is 15.6 Å². The second kappa shape index (κ2) is 9.36. The van der Waals surface area contributed by atoms with Gasteiger partial charge in [0.1, 0.15) is 5.82 Å². The summed E-state index contributed by atoms with van der Waals surface area (Å²) in [4.78, 5) is 15.0. The molecule has 0 bridgehead atoms. The van der Waals surface area contributed by atoms with Gasteiger partial charge in [0.25, 0.3) is 5.91 Å². The Labute approximate surface area is 219 Å². The van der Waals surface area contributed by atoms with Crippen LogP contribution >= 0.6 is 58.8 Å². The Morgan fingerprint density at radius 2 is 1.79 bits per heavy atom. The van der Waals surface area contributed by atoms with Crippen molar-refractivity contribution in [1.82, 2.24) is 4.57 Å². The molecule has 1 amide bonds. The summed E-state index contributed by atoms with van der Waals surface area (Å²) < 4.78 is 16.0. The number of fused-ring (bicyclic) bond motifs is 1. The van der Waals surface area contributed by atoms with Crippen molar-refractivity contribution >= 4 is 91.7 Å². The van der Waals surface area contributed by atoms with Crippen LogP contribution in [0.4, 0.5) is 10.1 Å². The molecule has 9 heteroatoms. The van der Waals surface area contributed by atoms with Crippen LogP contribution in [-0.4, -0.2) is 14.8 Å². The molecule has 170 valence electrons. The van der Waals surface area contributed by atoms with Crippen LogP contribution in [0.2, 0.25) is 15.1 Å². The SMILES string of the molecule is O=C1/C(=C\c2cn(Cc3ccc(Cl)cc3Cl)c3ccccc23)SC(=S)N1c1ccc(F)c(Cl)c1. The number of aromatic nitrogens is 1. The summed E-state index contributed by atoms with van der Waals surface area (Å²) in [6.07, 6.45) is 3.81. The highest BCUT2D eigenvalue weighted by molar-refractivity contribution is 8.27. The summed E-state index contributed by atoms with van der Waals surface area (Å²) in [5, 5.41) is 2.09. The molecule has 4 aromatic rings. The lowest BCUT2D eigenvalue weighted by Crippen LogP contribution is -2.27. The second-order valence-corrected chi connectivity index (χ2v) is 10.5. The molecule has 1 aliphatic heterocycles. The zero-order valence-electron chi connectivity index (χ0n) is 17.3. The van der Waals surface area contributed by atoms with Crippen molar-refractivity contribution in [3.8, 4) is 0 Å². The van der Waals surface area contributed by atoms with E-state index < -0.39 is 5.82 Å². The van der Waals surface area contributed by atoms with E-state index in [9.17, 15) is 9.18 Å². The molecule has 0 unspecified atom stereocenters. The highest BCUT2D eigenvalue weighted by Crippen LogP contribution is 2.38. The minimum absolute atomic E-state index is 0.0699. The Hall–Kier alpha value is -2.35. The molecule has 0 atom stereocenters. The van der Waals surface area contributed by atoms with Gasteiger partial charge in [-0.3, -0.25) is 9.69 Å². The first-order valence-corrected chi connectivity index (χ1v) is 12.4. The Morgan fingerprint density at radius 1 is 1.00 bits per heavy atom. The van der Waals surface area contributed by atoms with Gasteiger partial charge in [-0.05, 0) is 48.0 Å². The molecule has 0 radical (unpaired) electrons.